The summed E-state index contributed by atoms with van der Waals surface area (Å²) in [7, 11) is 1.51. The number of nitrogens with one attached hydrogen (secondary N) is 1. The molecule has 1 amide bonds. The van der Waals surface area contributed by atoms with Gasteiger partial charge in [0.2, 0.25) is 23.6 Å². The number of benzene rings is 1. The van der Waals surface area contributed by atoms with Gasteiger partial charge in [-0.05, 0) is 30.5 Å². The van der Waals surface area contributed by atoms with E-state index in [0.717, 1.165) is 17.8 Å². The summed E-state index contributed by atoms with van der Waals surface area (Å²) in [5.41, 5.74) is 0. The minimum absolute atomic E-state index is 0.149. The second-order valence-electron chi connectivity index (χ2n) is 7.50. The van der Waals surface area contributed by atoms with Gasteiger partial charge in [-0.25, -0.2) is 4.39 Å². The highest BCUT2D eigenvalue weighted by Gasteiger charge is 2.32. The van der Waals surface area contributed by atoms with Gasteiger partial charge in [-0.1, -0.05) is 11.3 Å². The lowest BCUT2D eigenvalue weighted by atomic mass is 10.1. The van der Waals surface area contributed by atoms with Crippen LogP contribution in [0.15, 0.2) is 24.3 Å². The molecule has 4 rings (SSSR count). The van der Waals surface area contributed by atoms with Crippen molar-refractivity contribution in [2.24, 2.45) is 0 Å². The fourth-order valence-corrected chi connectivity index (χ4v) is 4.64. The second-order valence-corrected chi connectivity index (χ2v) is 8.59. The maximum absolute atomic E-state index is 14.2. The van der Waals surface area contributed by atoms with E-state index in [1.165, 1.54) is 26.2 Å². The van der Waals surface area contributed by atoms with Gasteiger partial charge in [0.05, 0.1) is 12.0 Å². The zero-order valence-corrected chi connectivity index (χ0v) is 18.1. The number of carbonyl (C=O) groups excluding carboxylic acids is 1. The molecular formula is C21H22F2N4O3S. The Hall–Kier alpha value is -2.85. The van der Waals surface area contributed by atoms with Crippen molar-refractivity contribution in [2.45, 2.75) is 39.0 Å². The average molecular weight is 448 g/mol. The molecule has 2 aromatic heterocycles. The van der Waals surface area contributed by atoms with Crippen LogP contribution < -0.4 is 14.8 Å². The van der Waals surface area contributed by atoms with Gasteiger partial charge in [-0.2, -0.15) is 14.4 Å². The van der Waals surface area contributed by atoms with Crippen molar-refractivity contribution >= 4 is 33.1 Å². The number of ether oxygens (including phenoxy) is 2. The summed E-state index contributed by atoms with van der Waals surface area (Å²) in [6, 6.07) is 6.24. The minimum atomic E-state index is -0.576. The molecule has 2 unspecified atom stereocenters. The molecule has 0 saturated carbocycles. The quantitative estimate of drug-likeness (QED) is 0.615. The van der Waals surface area contributed by atoms with Crippen LogP contribution in [0.3, 0.4) is 0 Å². The van der Waals surface area contributed by atoms with E-state index in [9.17, 15) is 13.6 Å². The third-order valence-electron chi connectivity index (χ3n) is 5.16. The van der Waals surface area contributed by atoms with Gasteiger partial charge in [-0.3, -0.25) is 9.69 Å². The summed E-state index contributed by atoms with van der Waals surface area (Å²) in [6.07, 6.45) is 0.563. The first-order valence-electron chi connectivity index (χ1n) is 9.80. The molecule has 0 spiro atoms. The first kappa shape index (κ1) is 21.4. The Morgan fingerprint density at radius 2 is 2.13 bits per heavy atom. The Kier molecular flexibility index (Phi) is 6.01. The number of carbonyl (C=O) groups is 1. The highest BCUT2D eigenvalue weighted by molar-refractivity contribution is 7.15. The number of anilines is 1. The van der Waals surface area contributed by atoms with E-state index in [0.29, 0.717) is 40.5 Å². The van der Waals surface area contributed by atoms with Crippen molar-refractivity contribution in [1.82, 2.24) is 14.9 Å². The Morgan fingerprint density at radius 1 is 1.32 bits per heavy atom. The van der Waals surface area contributed by atoms with Crippen molar-refractivity contribution in [3.63, 3.8) is 0 Å². The van der Waals surface area contributed by atoms with Crippen LogP contribution in [0.25, 0.3) is 10.8 Å². The number of likely N-dealkylation sites (tertiary alicyclic amines) is 1. The number of amides is 1. The van der Waals surface area contributed by atoms with E-state index in [4.69, 9.17) is 9.47 Å². The molecule has 1 fully saturated rings. The lowest BCUT2D eigenvalue weighted by Crippen LogP contribution is -2.28. The van der Waals surface area contributed by atoms with Gasteiger partial charge >= 0.3 is 0 Å². The monoisotopic (exact) mass is 448 g/mol. The number of thiazole rings is 1. The predicted molar refractivity (Wildman–Crippen MR) is 114 cm³/mol. The Labute approximate surface area is 182 Å². The van der Waals surface area contributed by atoms with E-state index < -0.39 is 5.95 Å². The number of aromatic nitrogens is 2. The van der Waals surface area contributed by atoms with Crippen molar-refractivity contribution in [3.8, 4) is 11.8 Å². The van der Waals surface area contributed by atoms with E-state index >= 15 is 0 Å². The SMILES string of the molecule is COc1nc(OC2CC(C)N(Cc3sc(NC(C)=O)nc3F)C2)cc2cc(F)ccc12. The lowest BCUT2D eigenvalue weighted by molar-refractivity contribution is -0.114. The van der Waals surface area contributed by atoms with E-state index in [2.05, 4.69) is 20.2 Å². The molecule has 0 radical (unpaired) electrons. The normalized spacial score (nSPS) is 19.0. The van der Waals surface area contributed by atoms with Gasteiger partial charge in [-0.15, -0.1) is 0 Å². The Balaban J connectivity index is 1.47. The second kappa shape index (κ2) is 8.72. The van der Waals surface area contributed by atoms with Gasteiger partial charge in [0, 0.05) is 43.9 Å². The topological polar surface area (TPSA) is 76.6 Å². The number of nitrogens with zero attached hydrogens (tertiary/aromatic N) is 3. The summed E-state index contributed by atoms with van der Waals surface area (Å²) in [5.74, 6) is -0.495. The average Bonchev–Trinajstić information content (AvgIpc) is 3.21. The number of halogens is 2. The Bertz CT molecular complexity index is 1120. The molecule has 1 aliphatic heterocycles. The first-order valence-corrected chi connectivity index (χ1v) is 10.6. The van der Waals surface area contributed by atoms with E-state index in [-0.39, 0.29) is 29.0 Å². The van der Waals surface area contributed by atoms with Gasteiger partial charge in [0.15, 0.2) is 5.13 Å². The molecule has 10 heteroatoms. The number of hydrogen-bond acceptors (Lipinski definition) is 7. The summed E-state index contributed by atoms with van der Waals surface area (Å²) < 4.78 is 39.3. The van der Waals surface area contributed by atoms with Crippen LogP contribution in [0.2, 0.25) is 0 Å². The van der Waals surface area contributed by atoms with Crippen LogP contribution in [-0.2, 0) is 11.3 Å². The molecule has 1 aromatic carbocycles. The van der Waals surface area contributed by atoms with Gasteiger partial charge in [0.1, 0.15) is 11.9 Å². The molecule has 1 saturated heterocycles. The smallest absolute Gasteiger partial charge is 0.230 e. The molecule has 2 atom stereocenters. The van der Waals surface area contributed by atoms with E-state index in [1.54, 1.807) is 12.1 Å². The molecule has 3 heterocycles. The zero-order chi connectivity index (χ0) is 22.1. The molecule has 1 aliphatic rings. The van der Waals surface area contributed by atoms with E-state index in [1.807, 2.05) is 6.92 Å². The molecular weight excluding hydrogens is 426 g/mol. The van der Waals surface area contributed by atoms with Crippen LogP contribution in [0.1, 0.15) is 25.1 Å². The molecule has 0 aliphatic carbocycles. The molecule has 164 valence electrons. The molecule has 7 nitrogen and oxygen atoms in total. The van der Waals surface area contributed by atoms with Crippen LogP contribution in [0.5, 0.6) is 11.8 Å². The van der Waals surface area contributed by atoms with Crippen LogP contribution in [-0.4, -0.2) is 46.6 Å². The van der Waals surface area contributed by atoms with Crippen molar-refractivity contribution in [1.29, 1.82) is 0 Å². The number of rotatable bonds is 6. The molecule has 31 heavy (non-hydrogen) atoms. The molecule has 0 bridgehead atoms. The third kappa shape index (κ3) is 4.75. The van der Waals surface area contributed by atoms with Crippen molar-refractivity contribution in [2.75, 3.05) is 19.0 Å². The van der Waals surface area contributed by atoms with Crippen LogP contribution in [0.4, 0.5) is 13.9 Å². The predicted octanol–water partition coefficient (Wildman–Crippen LogP) is 3.98. The molecule has 1 N–H and O–H groups in total. The van der Waals surface area contributed by atoms with Crippen LogP contribution in [0, 0.1) is 11.8 Å². The number of pyridine rings is 1. The number of hydrogen-bond donors (Lipinski definition) is 1. The maximum atomic E-state index is 14.2. The summed E-state index contributed by atoms with van der Waals surface area (Å²) in [4.78, 5) is 21.9. The summed E-state index contributed by atoms with van der Waals surface area (Å²) >= 11 is 1.12. The van der Waals surface area contributed by atoms with Crippen LogP contribution >= 0.6 is 11.3 Å². The van der Waals surface area contributed by atoms with Gasteiger partial charge in [0.25, 0.3) is 0 Å². The first-order chi connectivity index (χ1) is 14.8. The maximum Gasteiger partial charge on any atom is 0.230 e. The summed E-state index contributed by atoms with van der Waals surface area (Å²) in [6.45, 7) is 4.33. The minimum Gasteiger partial charge on any atom is -0.480 e. The highest BCUT2D eigenvalue weighted by atomic mass is 32.1. The lowest BCUT2D eigenvalue weighted by Gasteiger charge is -2.19. The standard InChI is InChI=1S/C21H22F2N4O3S/c1-11-6-15(9-27(11)10-17-19(23)26-21(31-17)24-12(2)28)30-18-8-13-7-14(22)4-5-16(13)20(25-18)29-3/h4-5,7-8,11,15H,6,9-10H2,1-3H3,(H,24,26,28). The van der Waals surface area contributed by atoms with Gasteiger partial charge < -0.3 is 14.8 Å². The largest absolute Gasteiger partial charge is 0.480 e. The number of fused-ring (bicyclic) bond motifs is 1. The number of methoxy groups -OCH3 is 1. The fourth-order valence-electron chi connectivity index (χ4n) is 3.73. The highest BCUT2D eigenvalue weighted by Crippen LogP contribution is 2.31. The zero-order valence-electron chi connectivity index (χ0n) is 17.3. The van der Waals surface area contributed by atoms with Crippen molar-refractivity contribution < 1.29 is 23.0 Å². The molecule has 3 aromatic rings. The summed E-state index contributed by atoms with van der Waals surface area (Å²) in [5, 5.41) is 4.10. The third-order valence-corrected chi connectivity index (χ3v) is 6.09. The Morgan fingerprint density at radius 3 is 2.87 bits per heavy atom. The fraction of sp³-hybridized carbons (Fsp3) is 0.381. The van der Waals surface area contributed by atoms with Crippen molar-refractivity contribution in [3.05, 3.63) is 40.9 Å².